The molecule has 0 aromatic heterocycles. The van der Waals surface area contributed by atoms with Gasteiger partial charge in [-0.2, -0.15) is 0 Å². The quantitative estimate of drug-likeness (QED) is 0.536. The van der Waals surface area contributed by atoms with Crippen LogP contribution in [0.25, 0.3) is 0 Å². The molecule has 0 N–H and O–H groups in total. The van der Waals surface area contributed by atoms with Crippen LogP contribution in [0.1, 0.15) is 0 Å². The SMILES string of the molecule is CO[PH](=[Se])c1ccccc1. The van der Waals surface area contributed by atoms with Gasteiger partial charge in [0.05, 0.1) is 0 Å². The van der Waals surface area contributed by atoms with E-state index < -0.39 is 6.39 Å². The summed E-state index contributed by atoms with van der Waals surface area (Å²) < 4.78 is 5.18. The van der Waals surface area contributed by atoms with Crippen LogP contribution in [-0.4, -0.2) is 22.2 Å². The molecule has 0 heterocycles. The van der Waals surface area contributed by atoms with Gasteiger partial charge < -0.3 is 0 Å². The second-order valence-corrected chi connectivity index (χ2v) is 5.75. The van der Waals surface area contributed by atoms with E-state index in [2.05, 4.69) is 27.2 Å². The number of benzene rings is 1. The third kappa shape index (κ3) is 2.07. The molecule has 0 aliphatic carbocycles. The predicted octanol–water partition coefficient (Wildman–Crippen LogP) is 1.17. The van der Waals surface area contributed by atoms with E-state index in [4.69, 9.17) is 4.52 Å². The summed E-state index contributed by atoms with van der Waals surface area (Å²) in [6, 6.07) is 10.2. The van der Waals surface area contributed by atoms with E-state index in [0.717, 1.165) is 0 Å². The Balaban J connectivity index is 2.85. The molecule has 0 saturated carbocycles. The molecule has 0 radical (unpaired) electrons. The Bertz CT molecular complexity index is 222. The average molecular weight is 219 g/mol. The van der Waals surface area contributed by atoms with E-state index in [1.165, 1.54) is 5.30 Å². The third-order valence-electron chi connectivity index (χ3n) is 1.19. The van der Waals surface area contributed by atoms with E-state index >= 15 is 0 Å². The maximum absolute atomic E-state index is 5.18. The molecule has 0 fully saturated rings. The summed E-state index contributed by atoms with van der Waals surface area (Å²) in [4.78, 5) is 0. The minimum absolute atomic E-state index is 0.832. The fourth-order valence-corrected chi connectivity index (χ4v) is 2.25. The summed E-state index contributed by atoms with van der Waals surface area (Å²) in [6.07, 6.45) is -0.832. The monoisotopic (exact) mass is 220 g/mol. The molecular formula is C7H9OPSe. The number of hydrogen-bond donors (Lipinski definition) is 0. The Morgan fingerprint density at radius 2 is 1.90 bits per heavy atom. The third-order valence-corrected chi connectivity index (χ3v) is 4.90. The zero-order valence-corrected chi connectivity index (χ0v) is 8.42. The van der Waals surface area contributed by atoms with Crippen molar-refractivity contribution in [2.24, 2.45) is 0 Å². The second-order valence-electron chi connectivity index (χ2n) is 1.86. The second kappa shape index (κ2) is 4.10. The van der Waals surface area contributed by atoms with Crippen LogP contribution < -0.4 is 5.30 Å². The normalized spacial score (nSPS) is 12.9. The van der Waals surface area contributed by atoms with Crippen molar-refractivity contribution in [3.05, 3.63) is 30.3 Å². The van der Waals surface area contributed by atoms with Crippen molar-refractivity contribution in [2.75, 3.05) is 7.11 Å². The van der Waals surface area contributed by atoms with Gasteiger partial charge in [0.1, 0.15) is 0 Å². The van der Waals surface area contributed by atoms with Gasteiger partial charge in [-0.3, -0.25) is 0 Å². The van der Waals surface area contributed by atoms with Crippen LogP contribution in [0.5, 0.6) is 0 Å². The Kier molecular flexibility index (Phi) is 3.37. The first-order chi connectivity index (χ1) is 4.84. The first-order valence-electron chi connectivity index (χ1n) is 2.98. The van der Waals surface area contributed by atoms with E-state index in [0.29, 0.717) is 0 Å². The summed E-state index contributed by atoms with van der Waals surface area (Å²) in [6.45, 7) is 0. The van der Waals surface area contributed by atoms with Gasteiger partial charge in [-0.15, -0.1) is 0 Å². The number of hydrogen-bond acceptors (Lipinski definition) is 1. The van der Waals surface area contributed by atoms with Gasteiger partial charge in [-0.05, 0) is 0 Å². The predicted molar refractivity (Wildman–Crippen MR) is 47.2 cm³/mol. The van der Waals surface area contributed by atoms with Gasteiger partial charge in [0.15, 0.2) is 0 Å². The van der Waals surface area contributed by atoms with Crippen molar-refractivity contribution >= 4 is 26.8 Å². The fourth-order valence-electron chi connectivity index (χ4n) is 0.692. The van der Waals surface area contributed by atoms with E-state index in [-0.39, 0.29) is 0 Å². The van der Waals surface area contributed by atoms with Crippen molar-refractivity contribution in [3.63, 3.8) is 0 Å². The van der Waals surface area contributed by atoms with Crippen molar-refractivity contribution in [1.29, 1.82) is 0 Å². The molecule has 0 amide bonds. The molecule has 0 aliphatic rings. The minimum atomic E-state index is -0.832. The maximum atomic E-state index is 5.18. The summed E-state index contributed by atoms with van der Waals surface area (Å²) in [5.74, 6) is 0. The van der Waals surface area contributed by atoms with Crippen LogP contribution in [0.2, 0.25) is 0 Å². The summed E-state index contributed by atoms with van der Waals surface area (Å²) in [7, 11) is 1.73. The zero-order chi connectivity index (χ0) is 7.40. The van der Waals surface area contributed by atoms with Crippen LogP contribution in [0.3, 0.4) is 0 Å². The van der Waals surface area contributed by atoms with Crippen molar-refractivity contribution in [2.45, 2.75) is 0 Å². The van der Waals surface area contributed by atoms with Gasteiger partial charge in [-0.1, -0.05) is 0 Å². The van der Waals surface area contributed by atoms with Crippen molar-refractivity contribution in [3.8, 4) is 0 Å². The first kappa shape index (κ1) is 8.23. The molecule has 3 heteroatoms. The van der Waals surface area contributed by atoms with Gasteiger partial charge in [0.2, 0.25) is 0 Å². The molecule has 0 spiro atoms. The summed E-state index contributed by atoms with van der Waals surface area (Å²) in [5.41, 5.74) is 0. The van der Waals surface area contributed by atoms with Gasteiger partial charge >= 0.3 is 68.8 Å². The van der Waals surface area contributed by atoms with Crippen molar-refractivity contribution in [1.82, 2.24) is 0 Å². The van der Waals surface area contributed by atoms with Crippen LogP contribution in [0.15, 0.2) is 30.3 Å². The first-order valence-corrected chi connectivity index (χ1v) is 6.86. The molecule has 0 aliphatic heterocycles. The van der Waals surface area contributed by atoms with Crippen LogP contribution >= 0.6 is 6.39 Å². The summed E-state index contributed by atoms with van der Waals surface area (Å²) >= 11 is 3.02. The van der Waals surface area contributed by atoms with E-state index in [9.17, 15) is 0 Å². The molecule has 1 nitrogen and oxygen atoms in total. The summed E-state index contributed by atoms with van der Waals surface area (Å²) in [5, 5.41) is 1.27. The van der Waals surface area contributed by atoms with Gasteiger partial charge in [0.25, 0.3) is 0 Å². The molecule has 1 aromatic rings. The molecule has 1 rings (SSSR count). The Morgan fingerprint density at radius 1 is 1.30 bits per heavy atom. The van der Waals surface area contributed by atoms with Crippen LogP contribution in [-0.2, 0) is 4.52 Å². The van der Waals surface area contributed by atoms with Gasteiger partial charge in [0, 0.05) is 0 Å². The molecular weight excluding hydrogens is 210 g/mol. The van der Waals surface area contributed by atoms with Gasteiger partial charge in [-0.25, -0.2) is 0 Å². The van der Waals surface area contributed by atoms with Crippen LogP contribution in [0.4, 0.5) is 0 Å². The molecule has 1 unspecified atom stereocenters. The molecule has 10 heavy (non-hydrogen) atoms. The number of rotatable bonds is 2. The molecule has 1 atom stereocenters. The Morgan fingerprint density at radius 3 is 2.40 bits per heavy atom. The Labute approximate surface area is 69.1 Å². The molecule has 54 valence electrons. The molecule has 1 aromatic carbocycles. The van der Waals surface area contributed by atoms with Crippen LogP contribution in [0, 0.1) is 0 Å². The van der Waals surface area contributed by atoms with Crippen molar-refractivity contribution < 1.29 is 4.52 Å². The standard InChI is InChI=1S/C7H9OPSe/c1-8-9(10)7-5-3-2-4-6-7/h2-6,9H,1H3. The van der Waals surface area contributed by atoms with E-state index in [1.807, 2.05) is 18.2 Å². The van der Waals surface area contributed by atoms with E-state index in [1.54, 1.807) is 7.11 Å². The molecule has 0 saturated heterocycles. The zero-order valence-electron chi connectivity index (χ0n) is 5.70. The Hall–Kier alpha value is 0.129. The molecule has 0 bridgehead atoms. The average Bonchev–Trinajstić information content (AvgIpc) is 2.05. The fraction of sp³-hybridized carbons (Fsp3) is 0.143. The topological polar surface area (TPSA) is 9.23 Å².